The summed E-state index contributed by atoms with van der Waals surface area (Å²) in [5.41, 5.74) is 8.74. The summed E-state index contributed by atoms with van der Waals surface area (Å²) >= 11 is 5.90. The molecule has 1 amide bonds. The summed E-state index contributed by atoms with van der Waals surface area (Å²) in [7, 11) is 0. The number of nitrogens with zero attached hydrogens (tertiary/aromatic N) is 4. The fourth-order valence-electron chi connectivity index (χ4n) is 6.26. The van der Waals surface area contributed by atoms with E-state index in [2.05, 4.69) is 96.0 Å². The summed E-state index contributed by atoms with van der Waals surface area (Å²) in [6, 6.07) is 24.7. The molecule has 1 aliphatic heterocycles. The summed E-state index contributed by atoms with van der Waals surface area (Å²) < 4.78 is 2.31. The Hall–Kier alpha value is -4.17. The first-order valence-electron chi connectivity index (χ1n) is 15.3. The van der Waals surface area contributed by atoms with Gasteiger partial charge < -0.3 is 25.0 Å². The van der Waals surface area contributed by atoms with Crippen LogP contribution in [-0.2, 0) is 11.2 Å². The fraction of sp³-hybridized carbons (Fsp3) is 0.343. The molecule has 1 fully saturated rings. The van der Waals surface area contributed by atoms with E-state index in [9.17, 15) is 4.79 Å². The number of carbonyl (C=O) groups excluding carboxylic acids is 1. The first-order chi connectivity index (χ1) is 20.9. The number of nitrogens with one attached hydrogen (secondary N) is 2. The molecule has 2 atom stereocenters. The molecule has 7 nitrogen and oxygen atoms in total. The van der Waals surface area contributed by atoms with Gasteiger partial charge in [-0.15, -0.1) is 0 Å². The zero-order valence-corrected chi connectivity index (χ0v) is 26.6. The predicted molar refractivity (Wildman–Crippen MR) is 180 cm³/mol. The highest BCUT2D eigenvalue weighted by atomic mass is 32.1. The molecule has 3 heterocycles. The van der Waals surface area contributed by atoms with Gasteiger partial charge in [-0.3, -0.25) is 9.78 Å². The molecule has 1 saturated heterocycles. The highest BCUT2D eigenvalue weighted by molar-refractivity contribution is 7.80. The minimum absolute atomic E-state index is 0.0255. The van der Waals surface area contributed by atoms with E-state index in [1.54, 1.807) is 0 Å². The third-order valence-electron chi connectivity index (χ3n) is 8.48. The van der Waals surface area contributed by atoms with Crippen LogP contribution in [0, 0.1) is 13.8 Å². The predicted octanol–water partition coefficient (Wildman–Crippen LogP) is 6.90. The van der Waals surface area contributed by atoms with Crippen molar-refractivity contribution in [3.05, 3.63) is 107 Å². The third-order valence-corrected chi connectivity index (χ3v) is 8.83. The Balaban J connectivity index is 1.45. The molecule has 2 aromatic heterocycles. The average molecular weight is 595 g/mol. The number of hydrogen-bond donors (Lipinski definition) is 2. The van der Waals surface area contributed by atoms with Crippen molar-refractivity contribution in [2.24, 2.45) is 0 Å². The van der Waals surface area contributed by atoms with Crippen molar-refractivity contribution >= 4 is 34.6 Å². The lowest BCUT2D eigenvalue weighted by atomic mass is 9.96. The number of aromatic nitrogens is 2. The Morgan fingerprint density at radius 2 is 1.72 bits per heavy atom. The van der Waals surface area contributed by atoms with E-state index < -0.39 is 0 Å². The molecule has 2 N–H and O–H groups in total. The van der Waals surface area contributed by atoms with Crippen LogP contribution in [0.25, 0.3) is 5.69 Å². The standard InChI is InChI=1S/C35H42N6OS/c1-6-26-13-9-10-14-30(26)37-32(42)20-22-40-34(33(38-35(40)43)31-15-11-12-21-36-31)29-23-24(4)41(25(29)5)28-18-16-27(17-19-28)39(7-2)8-3/h9-19,21,23,33-34H,6-8,20,22H2,1-5H3,(H,37,42)(H,38,43)/t33-,34-/m0/s1. The zero-order valence-electron chi connectivity index (χ0n) is 25.8. The van der Waals surface area contributed by atoms with Gasteiger partial charge in [-0.2, -0.15) is 0 Å². The Bertz CT molecular complexity index is 1560. The van der Waals surface area contributed by atoms with Crippen molar-refractivity contribution < 1.29 is 4.79 Å². The van der Waals surface area contributed by atoms with Crippen LogP contribution in [-0.4, -0.2) is 45.1 Å². The molecule has 5 rings (SSSR count). The van der Waals surface area contributed by atoms with Gasteiger partial charge in [0.05, 0.1) is 17.8 Å². The minimum atomic E-state index is -0.142. The molecule has 0 aliphatic carbocycles. The molecule has 8 heteroatoms. The van der Waals surface area contributed by atoms with Gasteiger partial charge in [-0.1, -0.05) is 31.2 Å². The van der Waals surface area contributed by atoms with Crippen LogP contribution in [0.4, 0.5) is 11.4 Å². The van der Waals surface area contributed by atoms with Crippen LogP contribution in [0.2, 0.25) is 0 Å². The van der Waals surface area contributed by atoms with Gasteiger partial charge in [0.25, 0.3) is 0 Å². The molecule has 0 unspecified atom stereocenters. The van der Waals surface area contributed by atoms with Crippen LogP contribution in [0.15, 0.2) is 79.0 Å². The maximum atomic E-state index is 13.1. The second kappa shape index (κ2) is 13.4. The van der Waals surface area contributed by atoms with Crippen molar-refractivity contribution in [3.8, 4) is 5.69 Å². The second-order valence-corrected chi connectivity index (χ2v) is 11.4. The maximum absolute atomic E-state index is 13.1. The third kappa shape index (κ3) is 6.30. The van der Waals surface area contributed by atoms with Gasteiger partial charge in [0.2, 0.25) is 5.91 Å². The first-order valence-corrected chi connectivity index (χ1v) is 15.7. The molecule has 0 radical (unpaired) electrons. The number of amides is 1. The normalized spacial score (nSPS) is 16.3. The topological polar surface area (TPSA) is 65.4 Å². The van der Waals surface area contributed by atoms with Crippen LogP contribution in [0.3, 0.4) is 0 Å². The minimum Gasteiger partial charge on any atom is -0.372 e. The van der Waals surface area contributed by atoms with Crippen molar-refractivity contribution in [1.82, 2.24) is 19.8 Å². The second-order valence-electron chi connectivity index (χ2n) is 11.0. The van der Waals surface area contributed by atoms with E-state index >= 15 is 0 Å². The number of hydrogen-bond acceptors (Lipinski definition) is 4. The van der Waals surface area contributed by atoms with E-state index in [-0.39, 0.29) is 18.0 Å². The van der Waals surface area contributed by atoms with Gasteiger partial charge >= 0.3 is 0 Å². The molecule has 0 spiro atoms. The molecule has 224 valence electrons. The number of thiocarbonyl (C=S) groups is 1. The number of para-hydroxylation sites is 1. The molecule has 0 saturated carbocycles. The van der Waals surface area contributed by atoms with E-state index in [4.69, 9.17) is 17.2 Å². The van der Waals surface area contributed by atoms with Crippen LogP contribution in [0.1, 0.15) is 67.5 Å². The summed E-state index contributed by atoms with van der Waals surface area (Å²) in [4.78, 5) is 22.4. The summed E-state index contributed by atoms with van der Waals surface area (Å²) in [6.07, 6.45) is 2.99. The molecule has 4 aromatic rings. The lowest BCUT2D eigenvalue weighted by molar-refractivity contribution is -0.116. The number of benzene rings is 2. The Kier molecular flexibility index (Phi) is 9.46. The Morgan fingerprint density at radius 3 is 2.40 bits per heavy atom. The molecule has 43 heavy (non-hydrogen) atoms. The number of carbonyl (C=O) groups is 1. The van der Waals surface area contributed by atoms with E-state index in [0.29, 0.717) is 18.1 Å². The zero-order chi connectivity index (χ0) is 30.5. The number of pyridine rings is 1. The molecule has 1 aliphatic rings. The molecule has 2 aromatic carbocycles. The van der Waals surface area contributed by atoms with Crippen molar-refractivity contribution in [2.45, 2.75) is 59.5 Å². The highest BCUT2D eigenvalue weighted by Gasteiger charge is 2.41. The van der Waals surface area contributed by atoms with Gasteiger partial charge in [-0.25, -0.2) is 0 Å². The largest absolute Gasteiger partial charge is 0.372 e. The molecule has 0 bridgehead atoms. The van der Waals surface area contributed by atoms with Gasteiger partial charge in [0.15, 0.2) is 5.11 Å². The summed E-state index contributed by atoms with van der Waals surface area (Å²) in [5.74, 6) is -0.0255. The highest BCUT2D eigenvalue weighted by Crippen LogP contribution is 2.41. The van der Waals surface area contributed by atoms with Crippen LogP contribution >= 0.6 is 12.2 Å². The van der Waals surface area contributed by atoms with E-state index in [1.807, 2.05) is 42.6 Å². The smallest absolute Gasteiger partial charge is 0.226 e. The molecular weight excluding hydrogens is 552 g/mol. The Labute approximate surface area is 260 Å². The van der Waals surface area contributed by atoms with Crippen molar-refractivity contribution in [2.75, 3.05) is 29.9 Å². The van der Waals surface area contributed by atoms with Gasteiger partial charge in [-0.05, 0) is 106 Å². The number of rotatable bonds is 11. The first kappa shape index (κ1) is 30.3. The summed E-state index contributed by atoms with van der Waals surface area (Å²) in [5, 5.41) is 7.29. The van der Waals surface area contributed by atoms with E-state index in [1.165, 1.54) is 11.3 Å². The lowest BCUT2D eigenvalue weighted by Crippen LogP contribution is -2.33. The van der Waals surface area contributed by atoms with Crippen LogP contribution in [0.5, 0.6) is 0 Å². The lowest BCUT2D eigenvalue weighted by Gasteiger charge is -2.28. The molecular formula is C35H42N6OS. The van der Waals surface area contributed by atoms with Crippen molar-refractivity contribution in [3.63, 3.8) is 0 Å². The average Bonchev–Trinajstić information content (AvgIpc) is 3.51. The monoisotopic (exact) mass is 594 g/mol. The number of anilines is 2. The quantitative estimate of drug-likeness (QED) is 0.184. The van der Waals surface area contributed by atoms with Gasteiger partial charge in [0.1, 0.15) is 0 Å². The SMILES string of the molecule is CCc1ccccc1NC(=O)CCN1C(=S)N[C@@H](c2ccccn2)[C@@H]1c1cc(C)n(-c2ccc(N(CC)CC)cc2)c1C. The van der Waals surface area contributed by atoms with E-state index in [0.717, 1.165) is 53.5 Å². The fourth-order valence-corrected chi connectivity index (χ4v) is 6.59. The Morgan fingerprint density at radius 1 is 1.00 bits per heavy atom. The maximum Gasteiger partial charge on any atom is 0.226 e. The van der Waals surface area contributed by atoms with Crippen molar-refractivity contribution in [1.29, 1.82) is 0 Å². The summed E-state index contributed by atoms with van der Waals surface area (Å²) in [6.45, 7) is 13.2. The number of aryl methyl sites for hydroxylation is 2. The van der Waals surface area contributed by atoms with Gasteiger partial charge in [0, 0.05) is 60.7 Å². The van der Waals surface area contributed by atoms with Crippen LogP contribution < -0.4 is 15.5 Å².